The van der Waals surface area contributed by atoms with Crippen molar-refractivity contribution in [2.24, 2.45) is 0 Å². The summed E-state index contributed by atoms with van der Waals surface area (Å²) in [7, 11) is 0. The monoisotopic (exact) mass is 489 g/mol. The van der Waals surface area contributed by atoms with E-state index in [1.807, 2.05) is 60.7 Å². The Morgan fingerprint density at radius 2 is 1.89 bits per heavy atom. The van der Waals surface area contributed by atoms with Crippen LogP contribution in [0.4, 0.5) is 0 Å². The highest BCUT2D eigenvalue weighted by molar-refractivity contribution is 6.32. The van der Waals surface area contributed by atoms with E-state index >= 15 is 0 Å². The van der Waals surface area contributed by atoms with Gasteiger partial charge < -0.3 is 15.0 Å². The van der Waals surface area contributed by atoms with Gasteiger partial charge in [-0.3, -0.25) is 14.6 Å². The number of rotatable bonds is 8. The van der Waals surface area contributed by atoms with Crippen molar-refractivity contribution in [1.29, 1.82) is 0 Å². The van der Waals surface area contributed by atoms with Gasteiger partial charge in [0.2, 0.25) is 11.8 Å². The molecule has 1 aliphatic rings. The average Bonchev–Trinajstić information content (AvgIpc) is 3.11. The zero-order valence-electron chi connectivity index (χ0n) is 19.4. The summed E-state index contributed by atoms with van der Waals surface area (Å²) in [5.74, 6) is 0.364. The number of nitrogens with one attached hydrogen (secondary N) is 1. The Bertz CT molecular complexity index is 1170. The first kappa shape index (κ1) is 24.5. The number of carbonyl (C=O) groups excluding carboxylic acids is 2. The van der Waals surface area contributed by atoms with Crippen LogP contribution < -0.4 is 10.1 Å². The Labute approximate surface area is 210 Å². The number of benzene rings is 2. The Hall–Kier alpha value is -3.64. The van der Waals surface area contributed by atoms with E-state index < -0.39 is 6.04 Å². The molecule has 0 unspecified atom stereocenters. The molecule has 35 heavy (non-hydrogen) atoms. The van der Waals surface area contributed by atoms with E-state index in [0.717, 1.165) is 29.7 Å². The second kappa shape index (κ2) is 12.2. The third-order valence-corrected chi connectivity index (χ3v) is 6.21. The van der Waals surface area contributed by atoms with Gasteiger partial charge in [0.25, 0.3) is 0 Å². The molecule has 0 bridgehead atoms. The predicted octanol–water partition coefficient (Wildman–Crippen LogP) is 5.02. The molecular weight excluding hydrogens is 462 g/mol. The van der Waals surface area contributed by atoms with Crippen LogP contribution in [0.1, 0.15) is 36.1 Å². The van der Waals surface area contributed by atoms with Crippen LogP contribution in [0.15, 0.2) is 79.0 Å². The van der Waals surface area contributed by atoms with Gasteiger partial charge in [0.15, 0.2) is 0 Å². The molecule has 2 aromatic carbocycles. The topological polar surface area (TPSA) is 71.5 Å². The lowest BCUT2D eigenvalue weighted by molar-refractivity contribution is -0.137. The summed E-state index contributed by atoms with van der Waals surface area (Å²) in [6.45, 7) is 1.32. The van der Waals surface area contributed by atoms with E-state index in [4.69, 9.17) is 16.3 Å². The molecular formula is C28H28ClN3O3. The van der Waals surface area contributed by atoms with Gasteiger partial charge in [0.05, 0.1) is 5.69 Å². The molecule has 1 atom stereocenters. The summed E-state index contributed by atoms with van der Waals surface area (Å²) < 4.78 is 5.82. The standard InChI is InChI=1S/C28H28ClN3O3/c29-25-9-2-1-7-22(25)13-16-27(33)32(26-10-4-6-18-31-28(26)34)19-21-11-14-24(15-12-21)35-20-23-8-3-5-17-30-23/h1-3,5,7-9,11-17,26H,4,6,10,18-20H2,(H,31,34)/b16-13+/t26-/m0/s1. The second-order valence-corrected chi connectivity index (χ2v) is 8.78. The smallest absolute Gasteiger partial charge is 0.247 e. The third kappa shape index (κ3) is 6.93. The lowest BCUT2D eigenvalue weighted by Gasteiger charge is -2.29. The largest absolute Gasteiger partial charge is 0.487 e. The highest BCUT2D eigenvalue weighted by Gasteiger charge is 2.30. The Morgan fingerprint density at radius 3 is 2.66 bits per heavy atom. The van der Waals surface area contributed by atoms with Crippen molar-refractivity contribution in [2.45, 2.75) is 38.5 Å². The molecule has 1 N–H and O–H groups in total. The molecule has 1 aromatic heterocycles. The second-order valence-electron chi connectivity index (χ2n) is 8.38. The van der Waals surface area contributed by atoms with Crippen LogP contribution in [0.3, 0.4) is 0 Å². The van der Waals surface area contributed by atoms with Crippen molar-refractivity contribution in [2.75, 3.05) is 6.54 Å². The SMILES string of the molecule is O=C1NCCCC[C@@H]1N(Cc1ccc(OCc2ccccn2)cc1)C(=O)/C=C/c1ccccc1Cl. The van der Waals surface area contributed by atoms with E-state index in [-0.39, 0.29) is 11.8 Å². The maximum Gasteiger partial charge on any atom is 0.247 e. The van der Waals surface area contributed by atoms with E-state index in [1.165, 1.54) is 6.08 Å². The zero-order chi connectivity index (χ0) is 24.5. The highest BCUT2D eigenvalue weighted by atomic mass is 35.5. The van der Waals surface area contributed by atoms with E-state index in [2.05, 4.69) is 10.3 Å². The number of carbonyl (C=O) groups is 2. The molecule has 3 aromatic rings. The van der Waals surface area contributed by atoms with Crippen molar-refractivity contribution in [3.8, 4) is 5.75 Å². The molecule has 4 rings (SSSR count). The van der Waals surface area contributed by atoms with Gasteiger partial charge in [-0.15, -0.1) is 0 Å². The van der Waals surface area contributed by atoms with Crippen LogP contribution in [0.5, 0.6) is 5.75 Å². The van der Waals surface area contributed by atoms with Gasteiger partial charge in [-0.25, -0.2) is 0 Å². The summed E-state index contributed by atoms with van der Waals surface area (Å²) in [5.41, 5.74) is 2.51. The Balaban J connectivity index is 1.49. The summed E-state index contributed by atoms with van der Waals surface area (Å²) in [6, 6.07) is 20.1. The van der Waals surface area contributed by atoms with Crippen LogP contribution in [0, 0.1) is 0 Å². The first-order valence-corrected chi connectivity index (χ1v) is 12.1. The first-order valence-electron chi connectivity index (χ1n) is 11.7. The molecule has 0 radical (unpaired) electrons. The van der Waals surface area contributed by atoms with E-state index in [0.29, 0.717) is 36.9 Å². The minimum Gasteiger partial charge on any atom is -0.487 e. The van der Waals surface area contributed by atoms with Crippen LogP contribution >= 0.6 is 11.6 Å². The van der Waals surface area contributed by atoms with E-state index in [1.54, 1.807) is 23.2 Å². The van der Waals surface area contributed by atoms with Gasteiger partial charge >= 0.3 is 0 Å². The number of halogens is 1. The van der Waals surface area contributed by atoms with Crippen LogP contribution in [0.2, 0.25) is 5.02 Å². The molecule has 0 aliphatic carbocycles. The van der Waals surface area contributed by atoms with Gasteiger partial charge in [0.1, 0.15) is 18.4 Å². The van der Waals surface area contributed by atoms with Crippen molar-refractivity contribution in [1.82, 2.24) is 15.2 Å². The summed E-state index contributed by atoms with van der Waals surface area (Å²) in [4.78, 5) is 32.0. The maximum absolute atomic E-state index is 13.3. The molecule has 0 saturated carbocycles. The fourth-order valence-corrected chi connectivity index (χ4v) is 4.16. The molecule has 1 aliphatic heterocycles. The minimum atomic E-state index is -0.527. The summed E-state index contributed by atoms with van der Waals surface area (Å²) in [6.07, 6.45) is 7.33. The van der Waals surface area contributed by atoms with Gasteiger partial charge in [-0.2, -0.15) is 0 Å². The van der Waals surface area contributed by atoms with Crippen molar-refractivity contribution in [3.05, 3.63) is 101 Å². The normalized spacial score (nSPS) is 15.9. The fraction of sp³-hybridized carbons (Fsp3) is 0.250. The van der Waals surface area contributed by atoms with Gasteiger partial charge in [-0.05, 0) is 66.8 Å². The third-order valence-electron chi connectivity index (χ3n) is 5.87. The number of amides is 2. The quantitative estimate of drug-likeness (QED) is 0.451. The van der Waals surface area contributed by atoms with Gasteiger partial charge in [0, 0.05) is 30.4 Å². The van der Waals surface area contributed by atoms with Crippen LogP contribution in [-0.4, -0.2) is 34.3 Å². The number of ether oxygens (including phenoxy) is 1. The Kier molecular flexibility index (Phi) is 8.52. The zero-order valence-corrected chi connectivity index (χ0v) is 20.2. The van der Waals surface area contributed by atoms with Crippen molar-refractivity contribution < 1.29 is 14.3 Å². The summed E-state index contributed by atoms with van der Waals surface area (Å²) >= 11 is 6.23. The fourth-order valence-electron chi connectivity index (χ4n) is 3.96. The molecule has 2 heterocycles. The average molecular weight is 490 g/mol. The number of aromatic nitrogens is 1. The molecule has 7 heteroatoms. The molecule has 0 spiro atoms. The highest BCUT2D eigenvalue weighted by Crippen LogP contribution is 2.21. The minimum absolute atomic E-state index is 0.114. The summed E-state index contributed by atoms with van der Waals surface area (Å²) in [5, 5.41) is 3.50. The molecule has 180 valence electrons. The van der Waals surface area contributed by atoms with Gasteiger partial charge in [-0.1, -0.05) is 48.0 Å². The van der Waals surface area contributed by atoms with Crippen LogP contribution in [-0.2, 0) is 22.7 Å². The molecule has 1 fully saturated rings. The number of hydrogen-bond donors (Lipinski definition) is 1. The number of hydrogen-bond acceptors (Lipinski definition) is 4. The molecule has 6 nitrogen and oxygen atoms in total. The number of nitrogens with zero attached hydrogens (tertiary/aromatic N) is 2. The van der Waals surface area contributed by atoms with Crippen molar-refractivity contribution >= 4 is 29.5 Å². The number of pyridine rings is 1. The predicted molar refractivity (Wildman–Crippen MR) is 137 cm³/mol. The lowest BCUT2D eigenvalue weighted by atomic mass is 10.1. The maximum atomic E-state index is 13.3. The molecule has 2 amide bonds. The molecule has 1 saturated heterocycles. The Morgan fingerprint density at radius 1 is 1.09 bits per heavy atom. The first-order chi connectivity index (χ1) is 17.1. The van der Waals surface area contributed by atoms with Crippen molar-refractivity contribution in [3.63, 3.8) is 0 Å². The van der Waals surface area contributed by atoms with E-state index in [9.17, 15) is 9.59 Å². The van der Waals surface area contributed by atoms with Crippen LogP contribution in [0.25, 0.3) is 6.08 Å². The lowest BCUT2D eigenvalue weighted by Crippen LogP contribution is -2.47.